The van der Waals surface area contributed by atoms with Crippen LogP contribution in [0.3, 0.4) is 0 Å². The van der Waals surface area contributed by atoms with Crippen LogP contribution in [0.4, 0.5) is 0 Å². The van der Waals surface area contributed by atoms with E-state index in [0.29, 0.717) is 6.32 Å². The minimum atomic E-state index is -0.911. The van der Waals surface area contributed by atoms with Gasteiger partial charge in [0, 0.05) is 0 Å². The van der Waals surface area contributed by atoms with E-state index in [1.54, 1.807) is 0 Å². The molecule has 0 spiro atoms. The van der Waals surface area contributed by atoms with Crippen molar-refractivity contribution in [2.75, 3.05) is 19.5 Å². The lowest BCUT2D eigenvalue weighted by molar-refractivity contribution is -0.145. The normalized spacial score (nSPS) is 29.5. The van der Waals surface area contributed by atoms with E-state index in [2.05, 4.69) is 19.6 Å². The molecule has 0 bridgehead atoms. The zero-order chi connectivity index (χ0) is 12.4. The van der Waals surface area contributed by atoms with Crippen molar-refractivity contribution >= 4 is 21.0 Å². The fourth-order valence-electron chi connectivity index (χ4n) is 2.07. The van der Waals surface area contributed by atoms with Crippen LogP contribution in [0.5, 0.6) is 0 Å². The molecule has 2 radical (unpaired) electrons. The fourth-order valence-corrected chi connectivity index (χ4v) is 3.11. The standard InChI is InChI=1S/C12H24BO2P/c1-12(2)14-10(11(9-13)15-12)7-6-8-16(3,4)5/h10-11H,3,6-9H2,1-2,4-5H3. The summed E-state index contributed by atoms with van der Waals surface area (Å²) in [6, 6.07) is 0. The lowest BCUT2D eigenvalue weighted by Crippen LogP contribution is -2.22. The Morgan fingerprint density at radius 3 is 2.31 bits per heavy atom. The molecule has 0 saturated carbocycles. The Bertz CT molecular complexity index is 272. The Morgan fingerprint density at radius 2 is 1.81 bits per heavy atom. The molecule has 92 valence electrons. The summed E-state index contributed by atoms with van der Waals surface area (Å²) < 4.78 is 11.6. The molecule has 1 fully saturated rings. The molecule has 0 aromatic heterocycles. The van der Waals surface area contributed by atoms with Gasteiger partial charge in [0.25, 0.3) is 0 Å². The average molecular weight is 242 g/mol. The molecule has 1 aliphatic rings. The number of hydrogen-bond acceptors (Lipinski definition) is 2. The molecule has 1 saturated heterocycles. The Morgan fingerprint density at radius 1 is 1.25 bits per heavy atom. The van der Waals surface area contributed by atoms with E-state index in [1.807, 2.05) is 13.8 Å². The maximum Gasteiger partial charge on any atom is 0.163 e. The van der Waals surface area contributed by atoms with Gasteiger partial charge in [-0.15, -0.1) is 13.2 Å². The zero-order valence-corrected chi connectivity index (χ0v) is 11.9. The van der Waals surface area contributed by atoms with Gasteiger partial charge < -0.3 is 9.47 Å². The summed E-state index contributed by atoms with van der Waals surface area (Å²) >= 11 is 0. The van der Waals surface area contributed by atoms with E-state index < -0.39 is 12.7 Å². The highest BCUT2D eigenvalue weighted by Gasteiger charge is 2.39. The van der Waals surface area contributed by atoms with Gasteiger partial charge in [-0.25, -0.2) is 0 Å². The maximum absolute atomic E-state index is 5.86. The molecule has 0 aromatic rings. The van der Waals surface area contributed by atoms with Crippen LogP contribution in [0.25, 0.3) is 0 Å². The number of rotatable bonds is 5. The fraction of sp³-hybridized carbons (Fsp3) is 0.917. The van der Waals surface area contributed by atoms with E-state index >= 15 is 0 Å². The van der Waals surface area contributed by atoms with Crippen LogP contribution in [-0.4, -0.2) is 51.6 Å². The third kappa shape index (κ3) is 4.65. The first kappa shape index (κ1) is 14.3. The van der Waals surface area contributed by atoms with E-state index in [0.717, 1.165) is 12.8 Å². The van der Waals surface area contributed by atoms with Crippen molar-refractivity contribution in [3.8, 4) is 0 Å². The summed E-state index contributed by atoms with van der Waals surface area (Å²) in [6.45, 7) is 7.53. The SMILES string of the molecule is [B]CC1OC(C)(C)OC1CCCP(=C)(C)C. The second-order valence-electron chi connectivity index (χ2n) is 5.75. The zero-order valence-electron chi connectivity index (χ0n) is 11.0. The van der Waals surface area contributed by atoms with Crippen LogP contribution in [0.1, 0.15) is 26.7 Å². The quantitative estimate of drug-likeness (QED) is 0.545. The van der Waals surface area contributed by atoms with Gasteiger partial charge in [0.2, 0.25) is 0 Å². The molecule has 1 heterocycles. The van der Waals surface area contributed by atoms with Gasteiger partial charge in [-0.05, 0) is 46.2 Å². The first-order valence-electron chi connectivity index (χ1n) is 5.96. The Balaban J connectivity index is 2.39. The van der Waals surface area contributed by atoms with E-state index in [4.69, 9.17) is 17.3 Å². The predicted molar refractivity (Wildman–Crippen MR) is 74.4 cm³/mol. The van der Waals surface area contributed by atoms with Crippen molar-refractivity contribution in [3.05, 3.63) is 0 Å². The van der Waals surface area contributed by atoms with Crippen LogP contribution >= 0.6 is 6.89 Å². The molecule has 1 rings (SSSR count). The van der Waals surface area contributed by atoms with Crippen LogP contribution in [0, 0.1) is 0 Å². The smallest absolute Gasteiger partial charge is 0.163 e. The van der Waals surface area contributed by atoms with Crippen molar-refractivity contribution in [1.29, 1.82) is 0 Å². The Kier molecular flexibility index (Phi) is 4.74. The van der Waals surface area contributed by atoms with Crippen molar-refractivity contribution < 1.29 is 9.47 Å². The van der Waals surface area contributed by atoms with Gasteiger partial charge in [-0.3, -0.25) is 0 Å². The van der Waals surface area contributed by atoms with Crippen molar-refractivity contribution in [2.45, 2.75) is 51.0 Å². The molecule has 0 aliphatic carbocycles. The molecule has 0 N–H and O–H groups in total. The Hall–Kier alpha value is 0.285. The minimum Gasteiger partial charge on any atom is -0.345 e. The van der Waals surface area contributed by atoms with Crippen LogP contribution in [0.15, 0.2) is 0 Å². The molecule has 2 nitrogen and oxygen atoms in total. The summed E-state index contributed by atoms with van der Waals surface area (Å²) in [5.74, 6) is -0.468. The minimum absolute atomic E-state index is 0.0567. The Labute approximate surface area is 101 Å². The second kappa shape index (κ2) is 5.29. The van der Waals surface area contributed by atoms with Crippen molar-refractivity contribution in [3.63, 3.8) is 0 Å². The molecule has 4 heteroatoms. The monoisotopic (exact) mass is 242 g/mol. The van der Waals surface area contributed by atoms with Crippen LogP contribution in [-0.2, 0) is 9.47 Å². The summed E-state index contributed by atoms with van der Waals surface area (Å²) in [4.78, 5) is 0. The first-order chi connectivity index (χ1) is 7.23. The molecule has 2 atom stereocenters. The molecule has 0 amide bonds. The maximum atomic E-state index is 5.86. The highest BCUT2D eigenvalue weighted by Crippen LogP contribution is 2.38. The largest absolute Gasteiger partial charge is 0.345 e. The average Bonchev–Trinajstić information content (AvgIpc) is 2.38. The molecular weight excluding hydrogens is 218 g/mol. The van der Waals surface area contributed by atoms with Crippen molar-refractivity contribution in [2.24, 2.45) is 0 Å². The molecule has 16 heavy (non-hydrogen) atoms. The van der Waals surface area contributed by atoms with Gasteiger partial charge in [-0.2, -0.15) is 0 Å². The van der Waals surface area contributed by atoms with Crippen LogP contribution in [0.2, 0.25) is 6.32 Å². The van der Waals surface area contributed by atoms with E-state index in [-0.39, 0.29) is 12.2 Å². The lowest BCUT2D eigenvalue weighted by Gasteiger charge is -2.18. The van der Waals surface area contributed by atoms with Gasteiger partial charge in [-0.1, -0.05) is 6.32 Å². The summed E-state index contributed by atoms with van der Waals surface area (Å²) in [5.41, 5.74) is 0. The van der Waals surface area contributed by atoms with Gasteiger partial charge in [0.05, 0.1) is 20.1 Å². The summed E-state index contributed by atoms with van der Waals surface area (Å²) in [7, 11) is 5.69. The van der Waals surface area contributed by atoms with Gasteiger partial charge in [0.1, 0.15) is 0 Å². The molecule has 0 aromatic carbocycles. The second-order valence-corrected chi connectivity index (χ2v) is 10.1. The highest BCUT2D eigenvalue weighted by molar-refractivity contribution is 7.72. The topological polar surface area (TPSA) is 18.5 Å². The number of ether oxygens (including phenoxy) is 2. The first-order valence-corrected chi connectivity index (χ1v) is 9.02. The number of hydrogen-bond donors (Lipinski definition) is 0. The van der Waals surface area contributed by atoms with Crippen molar-refractivity contribution in [1.82, 2.24) is 0 Å². The highest BCUT2D eigenvalue weighted by atomic mass is 31.2. The summed E-state index contributed by atoms with van der Waals surface area (Å²) in [6.07, 6.45) is 8.37. The predicted octanol–water partition coefficient (Wildman–Crippen LogP) is 2.58. The van der Waals surface area contributed by atoms with Gasteiger partial charge >= 0.3 is 0 Å². The van der Waals surface area contributed by atoms with E-state index in [9.17, 15) is 0 Å². The lowest BCUT2D eigenvalue weighted by atomic mass is 9.94. The molecule has 1 aliphatic heterocycles. The summed E-state index contributed by atoms with van der Waals surface area (Å²) in [5, 5.41) is 0. The molecule has 2 unspecified atom stereocenters. The van der Waals surface area contributed by atoms with Gasteiger partial charge in [0.15, 0.2) is 5.79 Å². The third-order valence-electron chi connectivity index (χ3n) is 2.77. The molecular formula is C12H24BO2P. The third-order valence-corrected chi connectivity index (χ3v) is 4.30. The van der Waals surface area contributed by atoms with E-state index in [1.165, 1.54) is 6.16 Å². The van der Waals surface area contributed by atoms with Crippen LogP contribution < -0.4 is 0 Å².